The van der Waals surface area contributed by atoms with Gasteiger partial charge >= 0.3 is 0 Å². The van der Waals surface area contributed by atoms with E-state index in [0.29, 0.717) is 13.0 Å². The van der Waals surface area contributed by atoms with Gasteiger partial charge in [0.25, 0.3) is 0 Å². The standard InChI is InChI=1S/C40H56N4O4/c1-37-18-7-20-39(3,32(37)16-12-25-10-14-27(23-29(25)37)43-34(46)31(42)9-5-6-22-41)35(47)44-36(48)40(4)21-8-19-38(2)30-24-28(45)15-11-26(30)13-17-33(38)40/h10-11,14-15,23-24,31-33,45H,5-9,12-13,16-22,41-42H2,1-4H3,(H,43,46)(H,44,47,48)/t31-,32+,33+,37+,38+,39-,40-/m0/s1. The summed E-state index contributed by atoms with van der Waals surface area (Å²) in [6, 6.07) is 11.3. The number of aromatic hydroxyl groups is 1. The molecule has 0 bridgehead atoms. The van der Waals surface area contributed by atoms with Gasteiger partial charge in [-0.3, -0.25) is 19.7 Å². The van der Waals surface area contributed by atoms with E-state index < -0.39 is 16.9 Å². The molecule has 4 aliphatic rings. The third kappa shape index (κ3) is 5.77. The van der Waals surface area contributed by atoms with Crippen LogP contribution in [0.15, 0.2) is 36.4 Å². The van der Waals surface area contributed by atoms with Crippen molar-refractivity contribution in [1.82, 2.24) is 5.32 Å². The number of phenols is 1. The van der Waals surface area contributed by atoms with Crippen molar-refractivity contribution in [3.8, 4) is 5.75 Å². The molecule has 260 valence electrons. The summed E-state index contributed by atoms with van der Waals surface area (Å²) in [5, 5.41) is 16.4. The van der Waals surface area contributed by atoms with E-state index in [1.54, 1.807) is 6.07 Å². The second-order valence-corrected chi connectivity index (χ2v) is 16.4. The maximum Gasteiger partial charge on any atom is 0.241 e. The molecule has 0 unspecified atom stereocenters. The summed E-state index contributed by atoms with van der Waals surface area (Å²) in [5.41, 5.74) is 15.5. The van der Waals surface area contributed by atoms with E-state index in [2.05, 4.69) is 50.5 Å². The Morgan fingerprint density at radius 2 is 1.35 bits per heavy atom. The molecule has 2 aromatic carbocycles. The lowest BCUT2D eigenvalue weighted by molar-refractivity contribution is -0.150. The van der Waals surface area contributed by atoms with Crippen LogP contribution in [0, 0.1) is 22.7 Å². The van der Waals surface area contributed by atoms with Crippen LogP contribution in [0.2, 0.25) is 0 Å². The van der Waals surface area contributed by atoms with E-state index in [-0.39, 0.29) is 46.1 Å². The molecule has 8 heteroatoms. The predicted octanol–water partition coefficient (Wildman–Crippen LogP) is 6.15. The summed E-state index contributed by atoms with van der Waals surface area (Å²) in [6.07, 6.45) is 10.9. The Bertz CT molecular complexity index is 1590. The van der Waals surface area contributed by atoms with Gasteiger partial charge in [-0.05, 0) is 140 Å². The fraction of sp³-hybridized carbons (Fsp3) is 0.625. The molecule has 0 spiro atoms. The number of nitrogens with two attached hydrogens (primary N) is 2. The molecule has 0 saturated heterocycles. The molecule has 6 rings (SSSR count). The van der Waals surface area contributed by atoms with Gasteiger partial charge < -0.3 is 21.9 Å². The Kier molecular flexibility index (Phi) is 9.31. The monoisotopic (exact) mass is 656 g/mol. The first-order valence-corrected chi connectivity index (χ1v) is 18.3. The lowest BCUT2D eigenvalue weighted by Crippen LogP contribution is -2.60. The van der Waals surface area contributed by atoms with Crippen LogP contribution in [-0.4, -0.2) is 35.4 Å². The second kappa shape index (κ2) is 12.9. The topological polar surface area (TPSA) is 148 Å². The van der Waals surface area contributed by atoms with E-state index in [1.165, 1.54) is 16.7 Å². The maximum atomic E-state index is 14.5. The first-order valence-electron chi connectivity index (χ1n) is 18.3. The summed E-state index contributed by atoms with van der Waals surface area (Å²) in [5.74, 6) is -0.0962. The van der Waals surface area contributed by atoms with Gasteiger partial charge in [0, 0.05) is 5.69 Å². The average Bonchev–Trinajstić information content (AvgIpc) is 3.05. The highest BCUT2D eigenvalue weighted by Crippen LogP contribution is 2.59. The number of amides is 3. The molecule has 2 fully saturated rings. The predicted molar refractivity (Wildman–Crippen MR) is 189 cm³/mol. The van der Waals surface area contributed by atoms with Gasteiger partial charge in [0.1, 0.15) is 5.75 Å². The molecule has 0 heterocycles. The number of hydrogen-bond acceptors (Lipinski definition) is 6. The molecule has 0 aromatic heterocycles. The smallest absolute Gasteiger partial charge is 0.241 e. The first kappa shape index (κ1) is 34.6. The number of aryl methyl sites for hydroxylation is 2. The van der Waals surface area contributed by atoms with Gasteiger partial charge in [0.05, 0.1) is 16.9 Å². The fourth-order valence-corrected chi connectivity index (χ4v) is 10.8. The minimum atomic E-state index is -0.704. The Labute approximate surface area is 286 Å². The number of phenolic OH excluding ortho intramolecular Hbond substituents is 1. The van der Waals surface area contributed by atoms with E-state index in [9.17, 15) is 19.5 Å². The van der Waals surface area contributed by atoms with Crippen molar-refractivity contribution in [2.75, 3.05) is 11.9 Å². The number of imide groups is 1. The Balaban J connectivity index is 1.21. The largest absolute Gasteiger partial charge is 0.508 e. The SMILES string of the molecule is C[C@]1(C(=O)NC(=O)[C@@]2(C)CCC[C@]3(C)c4cc(NC(=O)[C@@H](N)CCCCN)ccc4CC[C@@H]23)CCC[C@]2(C)c3cc(O)ccc3CC[C@@H]12. The maximum absolute atomic E-state index is 14.5. The summed E-state index contributed by atoms with van der Waals surface area (Å²) >= 11 is 0. The number of unbranched alkanes of at least 4 members (excludes halogenated alkanes) is 1. The average molecular weight is 657 g/mol. The molecule has 2 saturated carbocycles. The minimum Gasteiger partial charge on any atom is -0.508 e. The van der Waals surface area contributed by atoms with Crippen LogP contribution < -0.4 is 22.1 Å². The van der Waals surface area contributed by atoms with Gasteiger partial charge in [-0.25, -0.2) is 0 Å². The normalized spacial score (nSPS) is 32.9. The van der Waals surface area contributed by atoms with Crippen molar-refractivity contribution in [2.45, 2.75) is 128 Å². The van der Waals surface area contributed by atoms with Crippen molar-refractivity contribution >= 4 is 23.4 Å². The summed E-state index contributed by atoms with van der Waals surface area (Å²) in [7, 11) is 0. The number of benzene rings is 2. The van der Waals surface area contributed by atoms with Gasteiger partial charge in [0.2, 0.25) is 17.7 Å². The third-order valence-electron chi connectivity index (χ3n) is 13.5. The number of carbonyl (C=O) groups excluding carboxylic acids is 3. The van der Waals surface area contributed by atoms with Crippen LogP contribution >= 0.6 is 0 Å². The highest BCUT2D eigenvalue weighted by molar-refractivity contribution is 6.01. The number of rotatable bonds is 8. The molecule has 8 nitrogen and oxygen atoms in total. The van der Waals surface area contributed by atoms with Crippen LogP contribution in [0.4, 0.5) is 5.69 Å². The highest BCUT2D eigenvalue weighted by Gasteiger charge is 2.58. The number of anilines is 1. The summed E-state index contributed by atoms with van der Waals surface area (Å²) in [4.78, 5) is 41.7. The van der Waals surface area contributed by atoms with E-state index in [0.717, 1.165) is 88.3 Å². The highest BCUT2D eigenvalue weighted by atomic mass is 16.3. The Morgan fingerprint density at radius 3 is 1.92 bits per heavy atom. The van der Waals surface area contributed by atoms with Crippen molar-refractivity contribution in [3.05, 3.63) is 58.7 Å². The minimum absolute atomic E-state index is 0.0532. The molecule has 0 radical (unpaired) electrons. The fourth-order valence-electron chi connectivity index (χ4n) is 10.8. The van der Waals surface area contributed by atoms with Crippen molar-refractivity contribution in [1.29, 1.82) is 0 Å². The number of carbonyl (C=O) groups is 3. The quantitative estimate of drug-likeness (QED) is 0.170. The lowest BCUT2D eigenvalue weighted by atomic mass is 9.49. The van der Waals surface area contributed by atoms with E-state index in [1.807, 2.05) is 18.2 Å². The van der Waals surface area contributed by atoms with Gasteiger partial charge in [-0.2, -0.15) is 0 Å². The molecule has 48 heavy (non-hydrogen) atoms. The molecule has 7 atom stereocenters. The van der Waals surface area contributed by atoms with Gasteiger partial charge in [-0.1, -0.05) is 59.1 Å². The van der Waals surface area contributed by atoms with Crippen LogP contribution in [0.5, 0.6) is 5.75 Å². The molecule has 7 N–H and O–H groups in total. The zero-order valence-electron chi connectivity index (χ0n) is 29.4. The number of hydrogen-bond donors (Lipinski definition) is 5. The molecular formula is C40H56N4O4. The van der Waals surface area contributed by atoms with Crippen molar-refractivity contribution < 1.29 is 19.5 Å². The van der Waals surface area contributed by atoms with Crippen molar-refractivity contribution in [3.63, 3.8) is 0 Å². The Morgan fingerprint density at radius 1 is 0.812 bits per heavy atom. The molecule has 2 aromatic rings. The number of fused-ring (bicyclic) bond motifs is 6. The van der Waals surface area contributed by atoms with E-state index in [4.69, 9.17) is 11.5 Å². The number of nitrogens with one attached hydrogen (secondary N) is 2. The van der Waals surface area contributed by atoms with Crippen LogP contribution in [0.1, 0.15) is 121 Å². The first-order chi connectivity index (χ1) is 22.8. The molecule has 0 aliphatic heterocycles. The van der Waals surface area contributed by atoms with E-state index >= 15 is 0 Å². The zero-order chi connectivity index (χ0) is 34.5. The van der Waals surface area contributed by atoms with Crippen molar-refractivity contribution in [2.24, 2.45) is 34.1 Å². The van der Waals surface area contributed by atoms with Gasteiger partial charge in [0.15, 0.2) is 0 Å². The third-order valence-corrected chi connectivity index (χ3v) is 13.5. The van der Waals surface area contributed by atoms with Crippen LogP contribution in [0.3, 0.4) is 0 Å². The Hall–Kier alpha value is -3.23. The van der Waals surface area contributed by atoms with Gasteiger partial charge in [-0.15, -0.1) is 0 Å². The lowest BCUT2D eigenvalue weighted by Gasteiger charge is -2.56. The van der Waals surface area contributed by atoms with Crippen LogP contribution in [0.25, 0.3) is 0 Å². The summed E-state index contributed by atoms with van der Waals surface area (Å²) in [6.45, 7) is 9.25. The summed E-state index contributed by atoms with van der Waals surface area (Å²) < 4.78 is 0. The second-order valence-electron chi connectivity index (χ2n) is 16.4. The molecule has 3 amide bonds. The molecule has 4 aliphatic carbocycles. The zero-order valence-corrected chi connectivity index (χ0v) is 29.4. The van der Waals surface area contributed by atoms with Crippen LogP contribution in [-0.2, 0) is 38.1 Å². The molecular weight excluding hydrogens is 600 g/mol.